The molecule has 0 bridgehead atoms. The Kier molecular flexibility index (Phi) is 6.05. The van der Waals surface area contributed by atoms with Crippen LogP contribution in [0.3, 0.4) is 0 Å². The van der Waals surface area contributed by atoms with Crippen LogP contribution in [0.5, 0.6) is 0 Å². The van der Waals surface area contributed by atoms with Crippen molar-refractivity contribution in [1.82, 2.24) is 4.90 Å². The van der Waals surface area contributed by atoms with E-state index in [-0.39, 0.29) is 25.3 Å². The van der Waals surface area contributed by atoms with Crippen LogP contribution in [-0.2, 0) is 9.59 Å². The quantitative estimate of drug-likeness (QED) is 0.701. The SMILES string of the molecule is Cc1ccc(C(=O)C(CC(=O)O)CN(C)CC(=O)O)cc1. The molecule has 1 atom stereocenters. The number of rotatable bonds is 8. The smallest absolute Gasteiger partial charge is 0.317 e. The van der Waals surface area contributed by atoms with Crippen molar-refractivity contribution in [3.05, 3.63) is 35.4 Å². The fourth-order valence-corrected chi connectivity index (χ4v) is 2.08. The summed E-state index contributed by atoms with van der Waals surface area (Å²) >= 11 is 0. The summed E-state index contributed by atoms with van der Waals surface area (Å²) < 4.78 is 0. The first-order valence-electron chi connectivity index (χ1n) is 6.52. The maximum Gasteiger partial charge on any atom is 0.317 e. The van der Waals surface area contributed by atoms with Gasteiger partial charge in [-0.15, -0.1) is 0 Å². The number of Topliss-reactive ketones (excluding diaryl/α,β-unsaturated/α-hetero) is 1. The van der Waals surface area contributed by atoms with Gasteiger partial charge in [-0.3, -0.25) is 19.3 Å². The molecule has 1 aromatic rings. The molecule has 0 aliphatic rings. The topological polar surface area (TPSA) is 94.9 Å². The van der Waals surface area contributed by atoms with Crippen molar-refractivity contribution in [2.75, 3.05) is 20.1 Å². The lowest BCUT2D eigenvalue weighted by Crippen LogP contribution is -2.35. The van der Waals surface area contributed by atoms with Crippen molar-refractivity contribution < 1.29 is 24.6 Å². The second-order valence-electron chi connectivity index (χ2n) is 5.12. The van der Waals surface area contributed by atoms with Crippen LogP contribution in [0.15, 0.2) is 24.3 Å². The molecule has 2 N–H and O–H groups in total. The van der Waals surface area contributed by atoms with Gasteiger partial charge in [-0.2, -0.15) is 0 Å². The van der Waals surface area contributed by atoms with Crippen LogP contribution in [0.4, 0.5) is 0 Å². The highest BCUT2D eigenvalue weighted by Gasteiger charge is 2.25. The summed E-state index contributed by atoms with van der Waals surface area (Å²) in [6.45, 7) is 1.74. The fourth-order valence-electron chi connectivity index (χ4n) is 2.08. The van der Waals surface area contributed by atoms with Gasteiger partial charge in [0.2, 0.25) is 0 Å². The van der Waals surface area contributed by atoms with Gasteiger partial charge in [0.1, 0.15) is 0 Å². The molecule has 0 aliphatic heterocycles. The number of likely N-dealkylation sites (N-methyl/N-ethyl adjacent to an activating group) is 1. The number of carbonyl (C=O) groups is 3. The third kappa shape index (κ3) is 5.74. The van der Waals surface area contributed by atoms with E-state index in [9.17, 15) is 14.4 Å². The highest BCUT2D eigenvalue weighted by atomic mass is 16.4. The Labute approximate surface area is 123 Å². The molecule has 6 heteroatoms. The molecular formula is C15H19NO5. The lowest BCUT2D eigenvalue weighted by atomic mass is 9.93. The summed E-state index contributed by atoms with van der Waals surface area (Å²) in [6, 6.07) is 6.88. The van der Waals surface area contributed by atoms with Crippen molar-refractivity contribution in [1.29, 1.82) is 0 Å². The zero-order valence-corrected chi connectivity index (χ0v) is 12.1. The number of hydrogen-bond donors (Lipinski definition) is 2. The lowest BCUT2D eigenvalue weighted by Gasteiger charge is -2.20. The van der Waals surface area contributed by atoms with Crippen LogP contribution in [0, 0.1) is 12.8 Å². The van der Waals surface area contributed by atoms with Gasteiger partial charge in [-0.1, -0.05) is 29.8 Å². The van der Waals surface area contributed by atoms with Crippen molar-refractivity contribution >= 4 is 17.7 Å². The highest BCUT2D eigenvalue weighted by molar-refractivity contribution is 5.99. The molecule has 1 unspecified atom stereocenters. The lowest BCUT2D eigenvalue weighted by molar-refractivity contribution is -0.138. The van der Waals surface area contributed by atoms with E-state index in [2.05, 4.69) is 0 Å². The second kappa shape index (κ2) is 7.54. The molecule has 1 rings (SSSR count). The Balaban J connectivity index is 2.85. The number of carbonyl (C=O) groups excluding carboxylic acids is 1. The molecule has 0 heterocycles. The third-order valence-corrected chi connectivity index (χ3v) is 3.07. The van der Waals surface area contributed by atoms with Gasteiger partial charge < -0.3 is 10.2 Å². The summed E-state index contributed by atoms with van der Waals surface area (Å²) in [7, 11) is 1.55. The molecule has 0 fully saturated rings. The number of aliphatic carboxylic acids is 2. The predicted molar refractivity (Wildman–Crippen MR) is 76.4 cm³/mol. The van der Waals surface area contributed by atoms with Crippen LogP contribution in [0.1, 0.15) is 22.3 Å². The van der Waals surface area contributed by atoms with Crippen LogP contribution in [0.25, 0.3) is 0 Å². The molecule has 21 heavy (non-hydrogen) atoms. The number of benzene rings is 1. The average molecular weight is 293 g/mol. The normalized spacial score (nSPS) is 12.1. The average Bonchev–Trinajstić information content (AvgIpc) is 2.36. The Bertz CT molecular complexity index is 523. The molecule has 0 saturated carbocycles. The zero-order chi connectivity index (χ0) is 16.0. The van der Waals surface area contributed by atoms with Gasteiger partial charge in [-0.25, -0.2) is 0 Å². The van der Waals surface area contributed by atoms with Crippen LogP contribution in [-0.4, -0.2) is 53.0 Å². The Hall–Kier alpha value is -2.21. The maximum absolute atomic E-state index is 12.4. The summed E-state index contributed by atoms with van der Waals surface area (Å²) in [5.41, 5.74) is 1.44. The first-order chi connectivity index (χ1) is 9.79. The summed E-state index contributed by atoms with van der Waals surface area (Å²) in [5.74, 6) is -3.15. The molecule has 0 amide bonds. The molecule has 0 aliphatic carbocycles. The van der Waals surface area contributed by atoms with E-state index in [0.717, 1.165) is 5.56 Å². The monoisotopic (exact) mass is 293 g/mol. The molecule has 0 spiro atoms. The van der Waals surface area contributed by atoms with E-state index < -0.39 is 17.9 Å². The molecule has 0 aromatic heterocycles. The van der Waals surface area contributed by atoms with Gasteiger partial charge in [-0.05, 0) is 14.0 Å². The van der Waals surface area contributed by atoms with Gasteiger partial charge in [0.15, 0.2) is 5.78 Å². The van der Waals surface area contributed by atoms with E-state index in [4.69, 9.17) is 10.2 Å². The highest BCUT2D eigenvalue weighted by Crippen LogP contribution is 2.15. The molecule has 6 nitrogen and oxygen atoms in total. The van der Waals surface area contributed by atoms with Gasteiger partial charge >= 0.3 is 11.9 Å². The number of aryl methyl sites for hydroxylation is 1. The number of carboxylic acid groups (broad SMARTS) is 2. The van der Waals surface area contributed by atoms with Crippen molar-refractivity contribution in [3.63, 3.8) is 0 Å². The molecule has 0 radical (unpaired) electrons. The number of ketones is 1. The molecule has 114 valence electrons. The minimum Gasteiger partial charge on any atom is -0.481 e. The van der Waals surface area contributed by atoms with Crippen molar-refractivity contribution in [2.45, 2.75) is 13.3 Å². The second-order valence-corrected chi connectivity index (χ2v) is 5.12. The van der Waals surface area contributed by atoms with E-state index in [1.807, 2.05) is 6.92 Å². The number of carboxylic acids is 2. The summed E-state index contributed by atoms with van der Waals surface area (Å²) in [6.07, 6.45) is -0.323. The van der Waals surface area contributed by atoms with Gasteiger partial charge in [0, 0.05) is 18.0 Å². The summed E-state index contributed by atoms with van der Waals surface area (Å²) in [5, 5.41) is 17.7. The number of nitrogens with zero attached hydrogens (tertiary/aromatic N) is 1. The van der Waals surface area contributed by atoms with E-state index >= 15 is 0 Å². The zero-order valence-electron chi connectivity index (χ0n) is 12.1. The van der Waals surface area contributed by atoms with E-state index in [1.165, 1.54) is 4.90 Å². The van der Waals surface area contributed by atoms with Gasteiger partial charge in [0.05, 0.1) is 13.0 Å². The van der Waals surface area contributed by atoms with E-state index in [1.54, 1.807) is 31.3 Å². The minimum absolute atomic E-state index is 0.0886. The first-order valence-corrected chi connectivity index (χ1v) is 6.52. The van der Waals surface area contributed by atoms with Gasteiger partial charge in [0.25, 0.3) is 0 Å². The summed E-state index contributed by atoms with van der Waals surface area (Å²) in [4.78, 5) is 35.4. The van der Waals surface area contributed by atoms with Crippen LogP contribution >= 0.6 is 0 Å². The Morgan fingerprint density at radius 1 is 1.10 bits per heavy atom. The molecule has 0 saturated heterocycles. The minimum atomic E-state index is -1.08. The maximum atomic E-state index is 12.4. The first kappa shape index (κ1) is 16.8. The third-order valence-electron chi connectivity index (χ3n) is 3.07. The van der Waals surface area contributed by atoms with Crippen molar-refractivity contribution in [3.8, 4) is 0 Å². The predicted octanol–water partition coefficient (Wildman–Crippen LogP) is 1.29. The molecule has 1 aromatic carbocycles. The Morgan fingerprint density at radius 2 is 1.67 bits per heavy atom. The Morgan fingerprint density at radius 3 is 2.14 bits per heavy atom. The van der Waals surface area contributed by atoms with Crippen molar-refractivity contribution in [2.24, 2.45) is 5.92 Å². The standard InChI is InChI=1S/C15H19NO5/c1-10-3-5-11(6-4-10)15(21)12(7-13(17)18)8-16(2)9-14(19)20/h3-6,12H,7-9H2,1-2H3,(H,17,18)(H,19,20). The number of hydrogen-bond acceptors (Lipinski definition) is 4. The van der Waals surface area contributed by atoms with E-state index in [0.29, 0.717) is 5.56 Å². The largest absolute Gasteiger partial charge is 0.481 e. The molecular weight excluding hydrogens is 274 g/mol. The van der Waals surface area contributed by atoms with Crippen LogP contribution < -0.4 is 0 Å². The van der Waals surface area contributed by atoms with Crippen LogP contribution in [0.2, 0.25) is 0 Å². The fraction of sp³-hybridized carbons (Fsp3) is 0.400.